The largest absolute Gasteiger partial charge is 0.455 e. The molecule has 7 heteroatoms. The summed E-state index contributed by atoms with van der Waals surface area (Å²) in [5.41, 5.74) is 3.73. The Kier molecular flexibility index (Phi) is 4.33. The molecule has 3 aromatic rings. The van der Waals surface area contributed by atoms with E-state index in [2.05, 4.69) is 10.5 Å². The van der Waals surface area contributed by atoms with Crippen molar-refractivity contribution in [2.45, 2.75) is 0 Å². The molecule has 0 atom stereocenters. The minimum Gasteiger partial charge on any atom is -0.455 e. The fourth-order valence-electron chi connectivity index (χ4n) is 2.48. The van der Waals surface area contributed by atoms with Crippen molar-refractivity contribution in [1.82, 2.24) is 5.43 Å². The Morgan fingerprint density at radius 2 is 1.96 bits per heavy atom. The number of nitrogens with zero attached hydrogens (tertiary/aromatic N) is 1. The highest BCUT2D eigenvalue weighted by molar-refractivity contribution is 6.30. The molecule has 6 nitrogen and oxygen atoms in total. The average Bonchev–Trinajstić information content (AvgIpc) is 3.30. The number of hydrazone groups is 1. The molecule has 2 heterocycles. The van der Waals surface area contributed by atoms with Gasteiger partial charge in [-0.3, -0.25) is 4.79 Å². The molecule has 0 aliphatic carbocycles. The first kappa shape index (κ1) is 16.2. The molecule has 0 fully saturated rings. The zero-order valence-electron chi connectivity index (χ0n) is 13.4. The molecule has 0 saturated heterocycles. The lowest BCUT2D eigenvalue weighted by Gasteiger charge is -2.01. The van der Waals surface area contributed by atoms with E-state index >= 15 is 0 Å². The van der Waals surface area contributed by atoms with Crippen LogP contribution in [0.5, 0.6) is 11.5 Å². The number of ether oxygens (including phenoxy) is 2. The van der Waals surface area contributed by atoms with E-state index < -0.39 is 0 Å². The van der Waals surface area contributed by atoms with E-state index in [0.717, 1.165) is 5.56 Å². The Morgan fingerprint density at radius 3 is 2.85 bits per heavy atom. The summed E-state index contributed by atoms with van der Waals surface area (Å²) < 4.78 is 16.1. The van der Waals surface area contributed by atoms with Gasteiger partial charge in [-0.25, -0.2) is 5.43 Å². The van der Waals surface area contributed by atoms with Crippen molar-refractivity contribution < 1.29 is 18.7 Å². The summed E-state index contributed by atoms with van der Waals surface area (Å²) in [5, 5.41) is 4.55. The van der Waals surface area contributed by atoms with Gasteiger partial charge in [0.1, 0.15) is 11.5 Å². The van der Waals surface area contributed by atoms with Gasteiger partial charge in [0.25, 0.3) is 5.91 Å². The summed E-state index contributed by atoms with van der Waals surface area (Å²) in [5.74, 6) is 1.97. The smallest absolute Gasteiger partial charge is 0.271 e. The molecule has 0 saturated carbocycles. The number of halogens is 1. The topological polar surface area (TPSA) is 73.1 Å². The van der Waals surface area contributed by atoms with Crippen LogP contribution in [0.15, 0.2) is 64.1 Å². The molecule has 1 aliphatic heterocycles. The predicted octanol–water partition coefficient (Wildman–Crippen LogP) is 4.09. The highest BCUT2D eigenvalue weighted by Gasteiger charge is 2.15. The fraction of sp³-hybridized carbons (Fsp3) is 0.0526. The molecule has 1 N–H and O–H groups in total. The van der Waals surface area contributed by atoms with Gasteiger partial charge in [0.2, 0.25) is 6.79 Å². The van der Waals surface area contributed by atoms with Gasteiger partial charge >= 0.3 is 0 Å². The standard InChI is InChI=1S/C19H13ClN2O4/c20-14-3-1-2-12(8-14)16-7-5-15(26-16)10-21-22-19(23)13-4-6-17-18(9-13)25-11-24-17/h1-10H,11H2,(H,22,23). The maximum Gasteiger partial charge on any atom is 0.271 e. The summed E-state index contributed by atoms with van der Waals surface area (Å²) >= 11 is 5.98. The third-order valence-electron chi connectivity index (χ3n) is 3.73. The number of hydrogen-bond acceptors (Lipinski definition) is 5. The van der Waals surface area contributed by atoms with Crippen molar-refractivity contribution >= 4 is 23.7 Å². The van der Waals surface area contributed by atoms with Crippen LogP contribution in [0.25, 0.3) is 11.3 Å². The summed E-state index contributed by atoms with van der Waals surface area (Å²) in [4.78, 5) is 12.1. The number of rotatable bonds is 4. The van der Waals surface area contributed by atoms with E-state index in [9.17, 15) is 4.79 Å². The molecule has 130 valence electrons. The normalized spacial score (nSPS) is 12.5. The van der Waals surface area contributed by atoms with Crippen molar-refractivity contribution in [3.8, 4) is 22.8 Å². The SMILES string of the molecule is O=C(NN=Cc1ccc(-c2cccc(Cl)c2)o1)c1ccc2c(c1)OCO2. The van der Waals surface area contributed by atoms with Crippen LogP contribution < -0.4 is 14.9 Å². The Labute approximate surface area is 154 Å². The fourth-order valence-corrected chi connectivity index (χ4v) is 2.67. The summed E-state index contributed by atoms with van der Waals surface area (Å²) in [6.07, 6.45) is 1.43. The lowest BCUT2D eigenvalue weighted by atomic mass is 10.2. The first-order chi connectivity index (χ1) is 12.7. The third-order valence-corrected chi connectivity index (χ3v) is 3.96. The number of benzene rings is 2. The van der Waals surface area contributed by atoms with Crippen LogP contribution in [0.4, 0.5) is 0 Å². The second-order valence-corrected chi connectivity index (χ2v) is 5.92. The number of amides is 1. The molecule has 1 aromatic heterocycles. The Balaban J connectivity index is 1.42. The summed E-state index contributed by atoms with van der Waals surface area (Å²) in [7, 11) is 0. The molecule has 0 radical (unpaired) electrons. The Bertz CT molecular complexity index is 997. The highest BCUT2D eigenvalue weighted by atomic mass is 35.5. The predicted molar refractivity (Wildman–Crippen MR) is 96.8 cm³/mol. The molecule has 0 bridgehead atoms. The summed E-state index contributed by atoms with van der Waals surface area (Å²) in [6.45, 7) is 0.159. The van der Waals surface area contributed by atoms with Crippen LogP contribution in [0, 0.1) is 0 Å². The lowest BCUT2D eigenvalue weighted by Crippen LogP contribution is -2.17. The molecule has 4 rings (SSSR count). The van der Waals surface area contributed by atoms with Crippen LogP contribution in [-0.2, 0) is 0 Å². The van der Waals surface area contributed by atoms with Gasteiger partial charge in [0, 0.05) is 16.1 Å². The maximum absolute atomic E-state index is 12.1. The van der Waals surface area contributed by atoms with E-state index in [1.54, 1.807) is 30.3 Å². The van der Waals surface area contributed by atoms with Crippen molar-refractivity contribution in [3.05, 3.63) is 70.9 Å². The zero-order chi connectivity index (χ0) is 17.9. The average molecular weight is 369 g/mol. The van der Waals surface area contributed by atoms with Crippen LogP contribution in [0.2, 0.25) is 5.02 Å². The first-order valence-electron chi connectivity index (χ1n) is 7.78. The zero-order valence-corrected chi connectivity index (χ0v) is 14.2. The van der Waals surface area contributed by atoms with Gasteiger partial charge in [0.05, 0.1) is 6.21 Å². The number of carbonyl (C=O) groups excluding carboxylic acids is 1. The second-order valence-electron chi connectivity index (χ2n) is 5.48. The van der Waals surface area contributed by atoms with E-state index in [1.807, 2.05) is 24.3 Å². The number of hydrogen-bond donors (Lipinski definition) is 1. The molecule has 0 spiro atoms. The maximum atomic E-state index is 12.1. The van der Waals surface area contributed by atoms with Crippen molar-refractivity contribution in [2.24, 2.45) is 5.10 Å². The van der Waals surface area contributed by atoms with Crippen LogP contribution in [0.3, 0.4) is 0 Å². The third kappa shape index (κ3) is 3.41. The minimum atomic E-state index is -0.360. The van der Waals surface area contributed by atoms with Crippen LogP contribution >= 0.6 is 11.6 Å². The van der Waals surface area contributed by atoms with E-state index in [0.29, 0.717) is 33.6 Å². The van der Waals surface area contributed by atoms with Gasteiger partial charge < -0.3 is 13.9 Å². The second kappa shape index (κ2) is 6.93. The molecule has 26 heavy (non-hydrogen) atoms. The molecular weight excluding hydrogens is 356 g/mol. The van der Waals surface area contributed by atoms with Gasteiger partial charge in [0.15, 0.2) is 11.5 Å². The van der Waals surface area contributed by atoms with Crippen molar-refractivity contribution in [2.75, 3.05) is 6.79 Å². The molecule has 1 aliphatic rings. The van der Waals surface area contributed by atoms with Crippen molar-refractivity contribution in [1.29, 1.82) is 0 Å². The number of nitrogens with one attached hydrogen (secondary N) is 1. The van der Waals surface area contributed by atoms with Gasteiger partial charge in [-0.1, -0.05) is 23.7 Å². The summed E-state index contributed by atoms with van der Waals surface area (Å²) in [6, 6.07) is 15.8. The molecule has 0 unspecified atom stereocenters. The van der Waals surface area contributed by atoms with Crippen LogP contribution in [-0.4, -0.2) is 18.9 Å². The van der Waals surface area contributed by atoms with E-state index in [-0.39, 0.29) is 12.7 Å². The lowest BCUT2D eigenvalue weighted by molar-refractivity contribution is 0.0954. The quantitative estimate of drug-likeness (QED) is 0.556. The molecule has 2 aromatic carbocycles. The Morgan fingerprint density at radius 1 is 1.08 bits per heavy atom. The highest BCUT2D eigenvalue weighted by Crippen LogP contribution is 2.32. The first-order valence-corrected chi connectivity index (χ1v) is 8.16. The van der Waals surface area contributed by atoms with Crippen molar-refractivity contribution in [3.63, 3.8) is 0 Å². The van der Waals surface area contributed by atoms with E-state index in [1.165, 1.54) is 6.21 Å². The molecule has 1 amide bonds. The minimum absolute atomic E-state index is 0.159. The van der Waals surface area contributed by atoms with E-state index in [4.69, 9.17) is 25.5 Å². The monoisotopic (exact) mass is 368 g/mol. The van der Waals surface area contributed by atoms with Gasteiger partial charge in [-0.15, -0.1) is 0 Å². The van der Waals surface area contributed by atoms with Gasteiger partial charge in [-0.2, -0.15) is 5.10 Å². The molecular formula is C19H13ClN2O4. The number of fused-ring (bicyclic) bond motifs is 1. The number of furan rings is 1. The van der Waals surface area contributed by atoms with Gasteiger partial charge in [-0.05, 0) is 42.5 Å². The van der Waals surface area contributed by atoms with Crippen LogP contribution in [0.1, 0.15) is 16.1 Å². The number of carbonyl (C=O) groups is 1. The Hall–Kier alpha value is -3.25.